The fraction of sp³-hybridized carbons (Fsp3) is 0.944. The first-order chi connectivity index (χ1) is 10.4. The molecule has 4 nitrogen and oxygen atoms in total. The molecule has 1 saturated heterocycles. The van der Waals surface area contributed by atoms with Crippen LogP contribution in [0.1, 0.15) is 65.7 Å². The van der Waals surface area contributed by atoms with Crippen molar-refractivity contribution >= 4 is 6.09 Å². The van der Waals surface area contributed by atoms with Crippen molar-refractivity contribution < 1.29 is 9.53 Å². The summed E-state index contributed by atoms with van der Waals surface area (Å²) in [6, 6.07) is 0.989. The number of rotatable bonds is 4. The smallest absolute Gasteiger partial charge is 0.410 e. The van der Waals surface area contributed by atoms with Crippen LogP contribution in [0.4, 0.5) is 4.79 Å². The monoisotopic (exact) mass is 308 g/mol. The summed E-state index contributed by atoms with van der Waals surface area (Å²) in [7, 11) is 0. The highest BCUT2D eigenvalue weighted by atomic mass is 16.6. The van der Waals surface area contributed by atoms with E-state index in [-0.39, 0.29) is 6.09 Å². The molecule has 3 fully saturated rings. The van der Waals surface area contributed by atoms with Gasteiger partial charge < -0.3 is 15.0 Å². The van der Waals surface area contributed by atoms with E-state index < -0.39 is 5.60 Å². The topological polar surface area (TPSA) is 41.6 Å². The normalized spacial score (nSPS) is 32.5. The quantitative estimate of drug-likeness (QED) is 0.863. The van der Waals surface area contributed by atoms with Gasteiger partial charge >= 0.3 is 6.09 Å². The van der Waals surface area contributed by atoms with Crippen LogP contribution in [0.25, 0.3) is 0 Å². The average molecular weight is 308 g/mol. The van der Waals surface area contributed by atoms with Crippen LogP contribution in [0.5, 0.6) is 0 Å². The second-order valence-corrected chi connectivity index (χ2v) is 8.44. The second-order valence-electron chi connectivity index (χ2n) is 8.44. The van der Waals surface area contributed by atoms with Crippen molar-refractivity contribution in [1.29, 1.82) is 0 Å². The summed E-state index contributed by atoms with van der Waals surface area (Å²) in [4.78, 5) is 14.5. The minimum absolute atomic E-state index is 0.108. The van der Waals surface area contributed by atoms with Crippen LogP contribution in [0.3, 0.4) is 0 Å². The Kier molecular flexibility index (Phi) is 4.67. The molecule has 1 N–H and O–H groups in total. The fourth-order valence-corrected chi connectivity index (χ4v) is 4.13. The van der Waals surface area contributed by atoms with Gasteiger partial charge in [-0.05, 0) is 77.7 Å². The second kappa shape index (κ2) is 6.38. The summed E-state index contributed by atoms with van der Waals surface area (Å²) in [5, 5.41) is 3.80. The lowest BCUT2D eigenvalue weighted by atomic mass is 9.92. The molecule has 2 aliphatic carbocycles. The molecule has 4 heteroatoms. The first-order valence-corrected chi connectivity index (χ1v) is 9.17. The van der Waals surface area contributed by atoms with E-state index in [1.165, 1.54) is 38.6 Å². The standard InChI is InChI=1S/C18H32N2O2/c1-18(2,3)22-17(21)20-11-5-8-16(20)14-6-4-7-15(14)19-12-13-9-10-13/h13-16,19H,4-12H2,1-3H3. The first-order valence-electron chi connectivity index (χ1n) is 9.17. The molecule has 126 valence electrons. The van der Waals surface area contributed by atoms with Gasteiger partial charge in [0.1, 0.15) is 5.60 Å². The van der Waals surface area contributed by atoms with Crippen molar-refractivity contribution in [2.75, 3.05) is 13.1 Å². The maximum absolute atomic E-state index is 12.5. The Labute approximate surface area is 135 Å². The van der Waals surface area contributed by atoms with Gasteiger partial charge in [0.2, 0.25) is 0 Å². The Hall–Kier alpha value is -0.770. The Balaban J connectivity index is 1.59. The van der Waals surface area contributed by atoms with E-state index in [1.54, 1.807) is 0 Å². The van der Waals surface area contributed by atoms with Gasteiger partial charge in [-0.15, -0.1) is 0 Å². The maximum atomic E-state index is 12.5. The summed E-state index contributed by atoms with van der Waals surface area (Å²) in [5.41, 5.74) is -0.399. The van der Waals surface area contributed by atoms with Crippen LogP contribution in [0, 0.1) is 11.8 Å². The summed E-state index contributed by atoms with van der Waals surface area (Å²) in [6.45, 7) is 7.90. The van der Waals surface area contributed by atoms with Crippen LogP contribution < -0.4 is 5.32 Å². The van der Waals surface area contributed by atoms with E-state index >= 15 is 0 Å². The van der Waals surface area contributed by atoms with Crippen molar-refractivity contribution in [2.24, 2.45) is 11.8 Å². The highest BCUT2D eigenvalue weighted by Gasteiger charge is 2.42. The van der Waals surface area contributed by atoms with E-state index in [9.17, 15) is 4.79 Å². The zero-order valence-corrected chi connectivity index (χ0v) is 14.4. The summed E-state index contributed by atoms with van der Waals surface area (Å²) in [6.07, 6.45) is 8.79. The summed E-state index contributed by atoms with van der Waals surface area (Å²) in [5.74, 6) is 1.54. The zero-order chi connectivity index (χ0) is 15.7. The lowest BCUT2D eigenvalue weighted by Gasteiger charge is -2.34. The molecular weight excluding hydrogens is 276 g/mol. The van der Waals surface area contributed by atoms with Crippen molar-refractivity contribution in [1.82, 2.24) is 10.2 Å². The number of hydrogen-bond acceptors (Lipinski definition) is 3. The third kappa shape index (κ3) is 3.95. The molecule has 22 heavy (non-hydrogen) atoms. The number of nitrogens with one attached hydrogen (secondary N) is 1. The molecule has 0 aromatic carbocycles. The van der Waals surface area contributed by atoms with Crippen LogP contribution in [0.15, 0.2) is 0 Å². The van der Waals surface area contributed by atoms with Gasteiger partial charge in [-0.25, -0.2) is 4.79 Å². The van der Waals surface area contributed by atoms with Gasteiger partial charge in [0.05, 0.1) is 0 Å². The number of nitrogens with zero attached hydrogens (tertiary/aromatic N) is 1. The number of ether oxygens (including phenoxy) is 1. The van der Waals surface area contributed by atoms with Crippen molar-refractivity contribution in [2.45, 2.75) is 83.4 Å². The fourth-order valence-electron chi connectivity index (χ4n) is 4.13. The van der Waals surface area contributed by atoms with Crippen molar-refractivity contribution in [3.8, 4) is 0 Å². The van der Waals surface area contributed by atoms with Gasteiger partial charge in [-0.1, -0.05) is 6.42 Å². The molecule has 1 amide bonds. The van der Waals surface area contributed by atoms with Crippen LogP contribution in [-0.2, 0) is 4.74 Å². The minimum Gasteiger partial charge on any atom is -0.444 e. The Morgan fingerprint density at radius 3 is 2.59 bits per heavy atom. The van der Waals surface area contributed by atoms with Gasteiger partial charge in [-0.2, -0.15) is 0 Å². The molecule has 1 heterocycles. The minimum atomic E-state index is -0.399. The number of likely N-dealkylation sites (tertiary alicyclic amines) is 1. The third-order valence-electron chi connectivity index (χ3n) is 5.36. The number of carbonyl (C=O) groups excluding carboxylic acids is 1. The molecular formula is C18H32N2O2. The molecule has 0 spiro atoms. The molecule has 3 unspecified atom stereocenters. The lowest BCUT2D eigenvalue weighted by molar-refractivity contribution is 0.0166. The predicted molar refractivity (Wildman–Crippen MR) is 87.8 cm³/mol. The van der Waals surface area contributed by atoms with E-state index in [0.717, 1.165) is 25.3 Å². The SMILES string of the molecule is CC(C)(C)OC(=O)N1CCCC1C1CCCC1NCC1CC1. The number of hydrogen-bond donors (Lipinski definition) is 1. The first kappa shape index (κ1) is 16.1. The van der Waals surface area contributed by atoms with E-state index in [2.05, 4.69) is 5.32 Å². The molecule has 0 bridgehead atoms. The maximum Gasteiger partial charge on any atom is 0.410 e. The molecule has 3 aliphatic rings. The molecule has 1 aliphatic heterocycles. The number of amides is 1. The van der Waals surface area contributed by atoms with E-state index in [1.807, 2.05) is 25.7 Å². The van der Waals surface area contributed by atoms with Gasteiger partial charge in [0.15, 0.2) is 0 Å². The number of carbonyl (C=O) groups is 1. The molecule has 0 aromatic heterocycles. The van der Waals surface area contributed by atoms with Crippen molar-refractivity contribution in [3.63, 3.8) is 0 Å². The highest BCUT2D eigenvalue weighted by Crippen LogP contribution is 2.37. The predicted octanol–water partition coefficient (Wildman–Crippen LogP) is 3.55. The van der Waals surface area contributed by atoms with Crippen LogP contribution >= 0.6 is 0 Å². The third-order valence-corrected chi connectivity index (χ3v) is 5.36. The largest absolute Gasteiger partial charge is 0.444 e. The van der Waals surface area contributed by atoms with Crippen molar-refractivity contribution in [3.05, 3.63) is 0 Å². The summed E-state index contributed by atoms with van der Waals surface area (Å²) < 4.78 is 5.62. The lowest BCUT2D eigenvalue weighted by Crippen LogP contribution is -2.47. The molecule has 3 rings (SSSR count). The average Bonchev–Trinajstić information content (AvgIpc) is 2.95. The summed E-state index contributed by atoms with van der Waals surface area (Å²) >= 11 is 0. The van der Waals surface area contributed by atoms with Gasteiger partial charge in [-0.3, -0.25) is 0 Å². The molecule has 3 atom stereocenters. The molecule has 2 saturated carbocycles. The zero-order valence-electron chi connectivity index (χ0n) is 14.4. The highest BCUT2D eigenvalue weighted by molar-refractivity contribution is 5.69. The Morgan fingerprint density at radius 1 is 1.14 bits per heavy atom. The van der Waals surface area contributed by atoms with Crippen LogP contribution in [-0.4, -0.2) is 41.8 Å². The molecule has 0 aromatic rings. The van der Waals surface area contributed by atoms with Gasteiger partial charge in [0.25, 0.3) is 0 Å². The molecule has 0 radical (unpaired) electrons. The van der Waals surface area contributed by atoms with Crippen LogP contribution in [0.2, 0.25) is 0 Å². The van der Waals surface area contributed by atoms with Gasteiger partial charge in [0, 0.05) is 18.6 Å². The van der Waals surface area contributed by atoms with E-state index in [0.29, 0.717) is 18.0 Å². The Morgan fingerprint density at radius 2 is 1.91 bits per heavy atom. The Bertz CT molecular complexity index is 400. The van der Waals surface area contributed by atoms with E-state index in [4.69, 9.17) is 4.74 Å².